The molecule has 0 aliphatic carbocycles. The molecule has 1 atom stereocenters. The molecule has 0 spiro atoms. The van der Waals surface area contributed by atoms with Crippen molar-refractivity contribution in [1.82, 2.24) is 20.4 Å². The Bertz CT molecular complexity index is 657. The molecule has 0 bridgehead atoms. The van der Waals surface area contributed by atoms with Gasteiger partial charge in [0.15, 0.2) is 11.0 Å². The largest absolute Gasteiger partial charge is 0.384 e. The normalized spacial score (nSPS) is 18.0. The number of methoxy groups -OCH3 is 1. The molecule has 9 heteroatoms. The number of carbonyl (C=O) groups is 1. The highest BCUT2D eigenvalue weighted by atomic mass is 32.2. The summed E-state index contributed by atoms with van der Waals surface area (Å²) >= 11 is 1.58. The molecule has 3 rings (SSSR count). The van der Waals surface area contributed by atoms with E-state index in [-0.39, 0.29) is 11.9 Å². The van der Waals surface area contributed by atoms with Crippen LogP contribution in [0.25, 0.3) is 0 Å². The van der Waals surface area contributed by atoms with E-state index in [1.807, 2.05) is 12.3 Å². The van der Waals surface area contributed by atoms with Gasteiger partial charge >= 0.3 is 0 Å². The van der Waals surface area contributed by atoms with E-state index in [1.54, 1.807) is 18.9 Å². The van der Waals surface area contributed by atoms with Gasteiger partial charge in [-0.25, -0.2) is 0 Å². The zero-order valence-electron chi connectivity index (χ0n) is 13.8. The number of aliphatic imine (C=N–C) groups is 1. The number of amides is 1. The minimum absolute atomic E-state index is 0.0715. The van der Waals surface area contributed by atoms with Crippen molar-refractivity contribution in [2.24, 2.45) is 4.99 Å². The van der Waals surface area contributed by atoms with Crippen molar-refractivity contribution < 1.29 is 14.1 Å². The Kier molecular flexibility index (Phi) is 5.52. The predicted octanol–water partition coefficient (Wildman–Crippen LogP) is 1.48. The molecule has 2 aliphatic rings. The van der Waals surface area contributed by atoms with Gasteiger partial charge in [0.1, 0.15) is 6.04 Å². The number of aromatic nitrogens is 2. The van der Waals surface area contributed by atoms with Crippen molar-refractivity contribution >= 4 is 22.8 Å². The summed E-state index contributed by atoms with van der Waals surface area (Å²) in [4.78, 5) is 23.2. The molecule has 1 N–H and O–H groups in total. The number of rotatable bonds is 7. The lowest BCUT2D eigenvalue weighted by Crippen LogP contribution is -2.33. The summed E-state index contributed by atoms with van der Waals surface area (Å²) in [6.07, 6.45) is 1.93. The van der Waals surface area contributed by atoms with Crippen molar-refractivity contribution in [3.63, 3.8) is 0 Å². The fourth-order valence-electron chi connectivity index (χ4n) is 2.53. The van der Waals surface area contributed by atoms with Crippen molar-refractivity contribution in [3.05, 3.63) is 22.8 Å². The zero-order chi connectivity index (χ0) is 16.9. The van der Waals surface area contributed by atoms with Gasteiger partial charge in [-0.15, -0.1) is 0 Å². The van der Waals surface area contributed by atoms with Crippen LogP contribution in [0.1, 0.15) is 37.5 Å². The summed E-state index contributed by atoms with van der Waals surface area (Å²) in [7, 11) is 1.62. The highest BCUT2D eigenvalue weighted by Crippen LogP contribution is 2.30. The minimum atomic E-state index is -0.328. The van der Waals surface area contributed by atoms with Gasteiger partial charge in [0, 0.05) is 32.3 Å². The smallest absolute Gasteiger partial charge is 0.248 e. The first-order valence-electron chi connectivity index (χ1n) is 7.96. The van der Waals surface area contributed by atoms with Crippen molar-refractivity contribution in [1.29, 1.82) is 0 Å². The van der Waals surface area contributed by atoms with E-state index in [9.17, 15) is 4.79 Å². The molecule has 130 valence electrons. The summed E-state index contributed by atoms with van der Waals surface area (Å²) in [6, 6.07) is -0.328. The Hall–Kier alpha value is -1.87. The monoisotopic (exact) mass is 351 g/mol. The Morgan fingerprint density at radius 3 is 3.29 bits per heavy atom. The zero-order valence-corrected chi connectivity index (χ0v) is 14.6. The summed E-state index contributed by atoms with van der Waals surface area (Å²) in [5.74, 6) is 0.916. The third kappa shape index (κ3) is 3.96. The SMILES string of the molecule is COCCc1noc([C@@H](C)NC(=O)CC2=CSC3=NCCCN23)n1. The number of nitrogens with zero attached hydrogens (tertiary/aromatic N) is 4. The molecule has 0 aromatic carbocycles. The second-order valence-corrected chi connectivity index (χ2v) is 6.49. The van der Waals surface area contributed by atoms with Crippen LogP contribution >= 0.6 is 11.8 Å². The molecule has 8 nitrogen and oxygen atoms in total. The van der Waals surface area contributed by atoms with Crippen molar-refractivity contribution in [2.75, 3.05) is 26.8 Å². The fourth-order valence-corrected chi connectivity index (χ4v) is 3.48. The molecule has 1 aromatic heterocycles. The van der Waals surface area contributed by atoms with Gasteiger partial charge < -0.3 is 19.5 Å². The molecular weight excluding hydrogens is 330 g/mol. The molecule has 1 amide bonds. The van der Waals surface area contributed by atoms with Crippen LogP contribution in [-0.4, -0.2) is 52.9 Å². The summed E-state index contributed by atoms with van der Waals surface area (Å²) in [6.45, 7) is 4.15. The molecule has 24 heavy (non-hydrogen) atoms. The van der Waals surface area contributed by atoms with Crippen molar-refractivity contribution in [2.45, 2.75) is 32.2 Å². The molecule has 0 saturated carbocycles. The van der Waals surface area contributed by atoms with E-state index < -0.39 is 0 Å². The topological polar surface area (TPSA) is 92.9 Å². The molecule has 3 heterocycles. The average molecular weight is 351 g/mol. The third-order valence-corrected chi connectivity index (χ3v) is 4.72. The van der Waals surface area contributed by atoms with Crippen molar-refractivity contribution in [3.8, 4) is 0 Å². The Balaban J connectivity index is 1.52. The fraction of sp³-hybridized carbons (Fsp3) is 0.600. The molecule has 0 unspecified atom stereocenters. The van der Waals surface area contributed by atoms with Gasteiger partial charge in [0.2, 0.25) is 11.8 Å². The Morgan fingerprint density at radius 2 is 2.46 bits per heavy atom. The molecule has 1 aromatic rings. The van der Waals surface area contributed by atoms with Crippen LogP contribution in [-0.2, 0) is 16.0 Å². The second-order valence-electron chi connectivity index (χ2n) is 5.65. The lowest BCUT2D eigenvalue weighted by molar-refractivity contribution is -0.121. The summed E-state index contributed by atoms with van der Waals surface area (Å²) in [5.41, 5.74) is 0.995. The maximum Gasteiger partial charge on any atom is 0.248 e. The number of hydrogen-bond acceptors (Lipinski definition) is 8. The van der Waals surface area contributed by atoms with Crippen LogP contribution in [0.5, 0.6) is 0 Å². The minimum Gasteiger partial charge on any atom is -0.384 e. The van der Waals surface area contributed by atoms with Crippen LogP contribution in [0.2, 0.25) is 0 Å². The van der Waals surface area contributed by atoms with E-state index in [4.69, 9.17) is 9.26 Å². The standard InChI is InChI=1S/C15H21N5O3S/c1-10(14-18-12(19-23-14)4-7-22-2)17-13(21)8-11-9-24-15-16-5-3-6-20(11)15/h9-10H,3-8H2,1-2H3,(H,17,21)/t10-/m1/s1. The molecular formula is C15H21N5O3S. The van der Waals surface area contributed by atoms with E-state index in [2.05, 4.69) is 25.3 Å². The molecule has 0 saturated heterocycles. The quantitative estimate of drug-likeness (QED) is 0.795. The molecule has 0 fully saturated rings. The maximum atomic E-state index is 12.3. The number of hydrogen-bond donors (Lipinski definition) is 1. The highest BCUT2D eigenvalue weighted by Gasteiger charge is 2.27. The molecule has 0 radical (unpaired) electrons. The first-order chi connectivity index (χ1) is 11.7. The van der Waals surface area contributed by atoms with Gasteiger partial charge in [-0.1, -0.05) is 16.9 Å². The number of ether oxygens (including phenoxy) is 1. The first-order valence-corrected chi connectivity index (χ1v) is 8.84. The van der Waals surface area contributed by atoms with Gasteiger partial charge in [-0.2, -0.15) is 4.98 Å². The number of amidine groups is 1. The van der Waals surface area contributed by atoms with E-state index >= 15 is 0 Å². The van der Waals surface area contributed by atoms with Crippen LogP contribution in [0.15, 0.2) is 20.6 Å². The summed E-state index contributed by atoms with van der Waals surface area (Å²) in [5, 5.41) is 9.79. The van der Waals surface area contributed by atoms with E-state index in [0.29, 0.717) is 31.2 Å². The lowest BCUT2D eigenvalue weighted by atomic mass is 10.2. The van der Waals surface area contributed by atoms with E-state index in [0.717, 1.165) is 30.4 Å². The number of carbonyl (C=O) groups excluding carboxylic acids is 1. The Labute approximate surface area is 144 Å². The third-order valence-electron chi connectivity index (χ3n) is 3.77. The van der Waals surface area contributed by atoms with Crippen LogP contribution in [0.3, 0.4) is 0 Å². The van der Waals surface area contributed by atoms with Crippen LogP contribution < -0.4 is 5.32 Å². The Morgan fingerprint density at radius 1 is 1.58 bits per heavy atom. The summed E-state index contributed by atoms with van der Waals surface area (Å²) < 4.78 is 10.2. The molecule has 2 aliphatic heterocycles. The second kappa shape index (κ2) is 7.80. The highest BCUT2D eigenvalue weighted by molar-refractivity contribution is 8.16. The maximum absolute atomic E-state index is 12.3. The van der Waals surface area contributed by atoms with Gasteiger partial charge in [-0.3, -0.25) is 9.79 Å². The predicted molar refractivity (Wildman–Crippen MR) is 90.4 cm³/mol. The van der Waals surface area contributed by atoms with Gasteiger partial charge in [-0.05, 0) is 18.8 Å². The van der Waals surface area contributed by atoms with Gasteiger partial charge in [0.25, 0.3) is 0 Å². The van der Waals surface area contributed by atoms with Crippen LogP contribution in [0.4, 0.5) is 0 Å². The number of thioether (sulfide) groups is 1. The first kappa shape index (κ1) is 17.0. The average Bonchev–Trinajstić information content (AvgIpc) is 3.20. The van der Waals surface area contributed by atoms with Gasteiger partial charge in [0.05, 0.1) is 13.0 Å². The number of nitrogens with one attached hydrogen (secondary N) is 1. The van der Waals surface area contributed by atoms with Crippen LogP contribution in [0, 0.1) is 0 Å². The number of fused-ring (bicyclic) bond motifs is 1. The lowest BCUT2D eigenvalue weighted by Gasteiger charge is -2.25. The van der Waals surface area contributed by atoms with E-state index in [1.165, 1.54) is 0 Å².